The van der Waals surface area contributed by atoms with Crippen LogP contribution in [0.5, 0.6) is 0 Å². The van der Waals surface area contributed by atoms with Crippen LogP contribution < -0.4 is 16.0 Å². The summed E-state index contributed by atoms with van der Waals surface area (Å²) in [6.45, 7) is 12.4. The largest absolute Gasteiger partial charge is 0.352 e. The summed E-state index contributed by atoms with van der Waals surface area (Å²) in [5.74, 6) is -0.266. The number of hydrogen-bond acceptors (Lipinski definition) is 3. The van der Waals surface area contributed by atoms with Gasteiger partial charge in [0, 0.05) is 12.0 Å². The van der Waals surface area contributed by atoms with Gasteiger partial charge in [-0.15, -0.1) is 0 Å². The van der Waals surface area contributed by atoms with E-state index >= 15 is 0 Å². The van der Waals surface area contributed by atoms with Crippen LogP contribution in [0.25, 0.3) is 0 Å². The highest BCUT2D eigenvalue weighted by atomic mass is 16.2. The number of rotatable bonds is 9. The van der Waals surface area contributed by atoms with Crippen LogP contribution in [0, 0.1) is 5.92 Å². The van der Waals surface area contributed by atoms with Crippen LogP contribution in [0.2, 0.25) is 0 Å². The average Bonchev–Trinajstić information content (AvgIpc) is 2.43. The third-order valence-electron chi connectivity index (χ3n) is 2.76. The van der Waals surface area contributed by atoms with Gasteiger partial charge in [0.2, 0.25) is 11.8 Å². The number of nitrogens with one attached hydrogen (secondary N) is 3. The molecular weight excluding hydrogens is 266 g/mol. The zero-order valence-corrected chi connectivity index (χ0v) is 14.9. The summed E-state index contributed by atoms with van der Waals surface area (Å²) in [5, 5.41) is 8.76. The maximum Gasteiger partial charge on any atom is 0.242 e. The van der Waals surface area contributed by atoms with Gasteiger partial charge in [0.15, 0.2) is 0 Å². The molecule has 0 aromatic carbocycles. The van der Waals surface area contributed by atoms with Crippen molar-refractivity contribution in [1.82, 2.24) is 16.0 Å². The maximum absolute atomic E-state index is 12.0. The molecule has 0 saturated heterocycles. The van der Waals surface area contributed by atoms with Crippen molar-refractivity contribution in [2.45, 2.75) is 72.9 Å². The van der Waals surface area contributed by atoms with Crippen molar-refractivity contribution >= 4 is 11.8 Å². The Kier molecular flexibility index (Phi) is 14.6. The Morgan fingerprint density at radius 3 is 1.90 bits per heavy atom. The summed E-state index contributed by atoms with van der Waals surface area (Å²) in [6, 6.07) is -0.336. The SMILES string of the molecule is CC.CNCCCCC(NC(=O)C(C)C)C(=O)NC(C)C. The quantitative estimate of drug-likeness (QED) is 0.571. The summed E-state index contributed by atoms with van der Waals surface area (Å²) in [6.07, 6.45) is 2.59. The molecule has 0 aliphatic rings. The van der Waals surface area contributed by atoms with Crippen LogP contribution in [-0.2, 0) is 9.59 Å². The van der Waals surface area contributed by atoms with Gasteiger partial charge >= 0.3 is 0 Å². The Hall–Kier alpha value is -1.10. The molecule has 0 radical (unpaired) electrons. The average molecular weight is 301 g/mol. The highest BCUT2D eigenvalue weighted by Crippen LogP contribution is 2.03. The smallest absolute Gasteiger partial charge is 0.242 e. The highest BCUT2D eigenvalue weighted by Gasteiger charge is 2.21. The molecule has 1 atom stereocenters. The van der Waals surface area contributed by atoms with Gasteiger partial charge in [-0.3, -0.25) is 9.59 Å². The molecule has 0 spiro atoms. The molecule has 0 aromatic heterocycles. The molecule has 0 bridgehead atoms. The summed E-state index contributed by atoms with van der Waals surface area (Å²) in [5.41, 5.74) is 0. The first-order valence-electron chi connectivity index (χ1n) is 8.13. The minimum Gasteiger partial charge on any atom is -0.352 e. The summed E-state index contributed by atoms with van der Waals surface area (Å²) < 4.78 is 0. The minimum atomic E-state index is -0.422. The molecule has 0 saturated carbocycles. The van der Waals surface area contributed by atoms with Gasteiger partial charge in [-0.25, -0.2) is 0 Å². The van der Waals surface area contributed by atoms with E-state index in [1.54, 1.807) is 0 Å². The molecule has 0 aliphatic carbocycles. The zero-order chi connectivity index (χ0) is 16.8. The molecule has 3 N–H and O–H groups in total. The van der Waals surface area contributed by atoms with Crippen molar-refractivity contribution in [1.29, 1.82) is 0 Å². The van der Waals surface area contributed by atoms with Crippen LogP contribution >= 0.6 is 0 Å². The van der Waals surface area contributed by atoms with Crippen LogP contribution in [0.15, 0.2) is 0 Å². The molecule has 0 fully saturated rings. The van der Waals surface area contributed by atoms with Crippen LogP contribution in [0.4, 0.5) is 0 Å². The molecule has 0 heterocycles. The van der Waals surface area contributed by atoms with Crippen LogP contribution in [0.1, 0.15) is 60.8 Å². The zero-order valence-electron chi connectivity index (χ0n) is 14.9. The number of amides is 2. The Labute approximate surface area is 130 Å². The van der Waals surface area contributed by atoms with Crippen molar-refractivity contribution in [3.63, 3.8) is 0 Å². The van der Waals surface area contributed by atoms with E-state index in [0.29, 0.717) is 6.42 Å². The fourth-order valence-electron chi connectivity index (χ4n) is 1.64. The predicted octanol–water partition coefficient (Wildman–Crippen LogP) is 2.07. The fourth-order valence-corrected chi connectivity index (χ4v) is 1.64. The van der Waals surface area contributed by atoms with E-state index in [1.807, 2.05) is 48.6 Å². The van der Waals surface area contributed by atoms with Gasteiger partial charge in [0.25, 0.3) is 0 Å². The molecule has 0 rings (SSSR count). The lowest BCUT2D eigenvalue weighted by Gasteiger charge is -2.21. The van der Waals surface area contributed by atoms with Crippen LogP contribution in [0.3, 0.4) is 0 Å². The van der Waals surface area contributed by atoms with E-state index in [1.165, 1.54) is 0 Å². The Balaban J connectivity index is 0. The molecule has 2 amide bonds. The first-order chi connectivity index (χ1) is 9.88. The number of carbonyl (C=O) groups excluding carboxylic acids is 2. The van der Waals surface area contributed by atoms with E-state index in [-0.39, 0.29) is 23.8 Å². The Bertz CT molecular complexity index is 279. The highest BCUT2D eigenvalue weighted by molar-refractivity contribution is 5.88. The first kappa shape index (κ1) is 22.2. The van der Waals surface area contributed by atoms with Gasteiger partial charge in [0.05, 0.1) is 0 Å². The predicted molar refractivity (Wildman–Crippen MR) is 89.2 cm³/mol. The second kappa shape index (κ2) is 13.9. The Morgan fingerprint density at radius 1 is 0.905 bits per heavy atom. The lowest BCUT2D eigenvalue weighted by atomic mass is 10.1. The minimum absolute atomic E-state index is 0.0717. The third kappa shape index (κ3) is 12.4. The van der Waals surface area contributed by atoms with Crippen molar-refractivity contribution in [3.05, 3.63) is 0 Å². The molecule has 1 unspecified atom stereocenters. The summed E-state index contributed by atoms with van der Waals surface area (Å²) in [4.78, 5) is 23.8. The van der Waals surface area contributed by atoms with Gasteiger partial charge in [0.1, 0.15) is 6.04 Å². The lowest BCUT2D eigenvalue weighted by molar-refractivity contribution is -0.131. The Morgan fingerprint density at radius 2 is 1.48 bits per heavy atom. The van der Waals surface area contributed by atoms with E-state index in [2.05, 4.69) is 16.0 Å². The first-order valence-corrected chi connectivity index (χ1v) is 8.13. The topological polar surface area (TPSA) is 70.2 Å². The molecule has 5 nitrogen and oxygen atoms in total. The van der Waals surface area contributed by atoms with Crippen LogP contribution in [-0.4, -0.2) is 37.5 Å². The van der Waals surface area contributed by atoms with Gasteiger partial charge in [-0.1, -0.05) is 27.7 Å². The second-order valence-corrected chi connectivity index (χ2v) is 5.48. The second-order valence-electron chi connectivity index (χ2n) is 5.48. The number of hydrogen-bond donors (Lipinski definition) is 3. The number of unbranched alkanes of at least 4 members (excludes halogenated alkanes) is 1. The third-order valence-corrected chi connectivity index (χ3v) is 2.76. The molecule has 0 aromatic rings. The van der Waals surface area contributed by atoms with Crippen molar-refractivity contribution in [2.24, 2.45) is 5.92 Å². The molecule has 21 heavy (non-hydrogen) atoms. The fraction of sp³-hybridized carbons (Fsp3) is 0.875. The van der Waals surface area contributed by atoms with Crippen molar-refractivity contribution in [3.8, 4) is 0 Å². The summed E-state index contributed by atoms with van der Waals surface area (Å²) >= 11 is 0. The van der Waals surface area contributed by atoms with E-state index in [4.69, 9.17) is 0 Å². The lowest BCUT2D eigenvalue weighted by Crippen LogP contribution is -2.49. The van der Waals surface area contributed by atoms with Gasteiger partial charge in [-0.2, -0.15) is 0 Å². The molecule has 0 aliphatic heterocycles. The van der Waals surface area contributed by atoms with Gasteiger partial charge < -0.3 is 16.0 Å². The van der Waals surface area contributed by atoms with Crippen molar-refractivity contribution in [2.75, 3.05) is 13.6 Å². The van der Waals surface area contributed by atoms with Gasteiger partial charge in [-0.05, 0) is 46.7 Å². The maximum atomic E-state index is 12.0. The van der Waals surface area contributed by atoms with E-state index < -0.39 is 6.04 Å². The van der Waals surface area contributed by atoms with Crippen molar-refractivity contribution < 1.29 is 9.59 Å². The molecule has 126 valence electrons. The standard InChI is InChI=1S/C14H29N3O2.C2H6/c1-10(2)13(18)17-12(8-6-7-9-15-5)14(19)16-11(3)4;1-2/h10-12,15H,6-9H2,1-5H3,(H,16,19)(H,17,18);1-2H3. The molecular formula is C16H35N3O2. The summed E-state index contributed by atoms with van der Waals surface area (Å²) in [7, 11) is 1.91. The normalized spacial score (nSPS) is 11.7. The monoisotopic (exact) mass is 301 g/mol. The molecule has 5 heteroatoms. The van der Waals surface area contributed by atoms with E-state index in [0.717, 1.165) is 19.4 Å². The number of carbonyl (C=O) groups is 2. The van der Waals surface area contributed by atoms with E-state index in [9.17, 15) is 9.59 Å².